The third-order valence-electron chi connectivity index (χ3n) is 5.84. The number of methoxy groups -OCH3 is 1. The highest BCUT2D eigenvalue weighted by atomic mass is 19.1. The molecule has 0 saturated carbocycles. The van der Waals surface area contributed by atoms with Gasteiger partial charge in [0.25, 0.3) is 11.7 Å². The van der Waals surface area contributed by atoms with Gasteiger partial charge in [-0.1, -0.05) is 30.3 Å². The molecule has 7 nitrogen and oxygen atoms in total. The minimum Gasteiger partial charge on any atom is -0.507 e. The number of aliphatic hydroxyl groups is 1. The highest BCUT2D eigenvalue weighted by molar-refractivity contribution is 6.46. The van der Waals surface area contributed by atoms with Crippen molar-refractivity contribution < 1.29 is 28.6 Å². The maximum Gasteiger partial charge on any atom is 0.295 e. The molecule has 2 heterocycles. The highest BCUT2D eigenvalue weighted by Crippen LogP contribution is 2.39. The van der Waals surface area contributed by atoms with Crippen molar-refractivity contribution in [1.29, 1.82) is 0 Å². The largest absolute Gasteiger partial charge is 0.507 e. The summed E-state index contributed by atoms with van der Waals surface area (Å²) in [5, 5.41) is 11.0. The van der Waals surface area contributed by atoms with E-state index in [1.165, 1.54) is 24.1 Å². The van der Waals surface area contributed by atoms with Gasteiger partial charge in [-0.05, 0) is 23.8 Å². The summed E-state index contributed by atoms with van der Waals surface area (Å²) in [7, 11) is 1.34. The van der Waals surface area contributed by atoms with Crippen LogP contribution in [0.25, 0.3) is 5.76 Å². The smallest absolute Gasteiger partial charge is 0.295 e. The van der Waals surface area contributed by atoms with Crippen molar-refractivity contribution in [2.75, 3.05) is 46.5 Å². The quantitative estimate of drug-likeness (QED) is 0.423. The number of carbonyl (C=O) groups excluding carboxylic acids is 2. The Morgan fingerprint density at radius 1 is 1.12 bits per heavy atom. The second kappa shape index (κ2) is 9.50. The van der Waals surface area contributed by atoms with E-state index in [2.05, 4.69) is 4.90 Å². The molecule has 0 unspecified atom stereocenters. The summed E-state index contributed by atoms with van der Waals surface area (Å²) in [5.41, 5.74) is 0.757. The van der Waals surface area contributed by atoms with Crippen molar-refractivity contribution in [1.82, 2.24) is 9.80 Å². The Bertz CT molecular complexity index is 1030. The molecule has 0 spiro atoms. The second-order valence-corrected chi connectivity index (χ2v) is 7.71. The van der Waals surface area contributed by atoms with Gasteiger partial charge in [-0.2, -0.15) is 0 Å². The van der Waals surface area contributed by atoms with E-state index in [9.17, 15) is 19.1 Å². The van der Waals surface area contributed by atoms with Crippen molar-refractivity contribution >= 4 is 17.4 Å². The van der Waals surface area contributed by atoms with E-state index in [4.69, 9.17) is 9.47 Å². The molecular formula is C24H25FN2O5. The molecule has 2 saturated heterocycles. The lowest BCUT2D eigenvalue weighted by molar-refractivity contribution is -0.140. The van der Waals surface area contributed by atoms with Crippen molar-refractivity contribution in [3.8, 4) is 5.75 Å². The summed E-state index contributed by atoms with van der Waals surface area (Å²) in [6, 6.07) is 12.2. The van der Waals surface area contributed by atoms with Crippen LogP contribution in [0.15, 0.2) is 54.1 Å². The molecule has 1 amide bonds. The van der Waals surface area contributed by atoms with Gasteiger partial charge >= 0.3 is 0 Å². The number of benzene rings is 2. The first kappa shape index (κ1) is 22.0. The number of ether oxygens (including phenoxy) is 2. The van der Waals surface area contributed by atoms with E-state index in [-0.39, 0.29) is 16.9 Å². The topological polar surface area (TPSA) is 79.3 Å². The Morgan fingerprint density at radius 3 is 2.50 bits per heavy atom. The van der Waals surface area contributed by atoms with E-state index < -0.39 is 29.3 Å². The van der Waals surface area contributed by atoms with Gasteiger partial charge in [-0.15, -0.1) is 0 Å². The number of amides is 1. The van der Waals surface area contributed by atoms with E-state index >= 15 is 0 Å². The molecule has 2 aromatic carbocycles. The predicted octanol–water partition coefficient (Wildman–Crippen LogP) is 2.59. The number of rotatable bonds is 6. The Labute approximate surface area is 185 Å². The molecule has 2 aromatic rings. The zero-order chi connectivity index (χ0) is 22.7. The van der Waals surface area contributed by atoms with Gasteiger partial charge in [-0.25, -0.2) is 4.39 Å². The maximum absolute atomic E-state index is 14.3. The predicted molar refractivity (Wildman–Crippen MR) is 116 cm³/mol. The van der Waals surface area contributed by atoms with Crippen LogP contribution in [0.5, 0.6) is 5.75 Å². The van der Waals surface area contributed by atoms with Crippen LogP contribution in [-0.4, -0.2) is 73.1 Å². The molecule has 1 N–H and O–H groups in total. The molecule has 4 rings (SSSR count). The van der Waals surface area contributed by atoms with Crippen molar-refractivity contribution in [3.05, 3.63) is 71.0 Å². The summed E-state index contributed by atoms with van der Waals surface area (Å²) in [6.45, 7) is 3.67. The summed E-state index contributed by atoms with van der Waals surface area (Å²) >= 11 is 0. The molecule has 0 aliphatic carbocycles. The molecule has 8 heteroatoms. The molecule has 2 aliphatic rings. The van der Waals surface area contributed by atoms with E-state index in [0.717, 1.165) is 19.2 Å². The Kier molecular flexibility index (Phi) is 6.53. The highest BCUT2D eigenvalue weighted by Gasteiger charge is 2.46. The Balaban J connectivity index is 1.72. The number of likely N-dealkylation sites (tertiary alicyclic amines) is 1. The number of ketones is 1. The van der Waals surface area contributed by atoms with Crippen molar-refractivity contribution in [3.63, 3.8) is 0 Å². The lowest BCUT2D eigenvalue weighted by atomic mass is 9.95. The average Bonchev–Trinajstić information content (AvgIpc) is 3.08. The molecule has 2 fully saturated rings. The number of nitrogens with zero attached hydrogens (tertiary/aromatic N) is 2. The fourth-order valence-corrected chi connectivity index (χ4v) is 4.14. The summed E-state index contributed by atoms with van der Waals surface area (Å²) in [5.74, 6) is -2.52. The molecule has 168 valence electrons. The van der Waals surface area contributed by atoms with Gasteiger partial charge in [0.05, 0.1) is 31.9 Å². The average molecular weight is 440 g/mol. The summed E-state index contributed by atoms with van der Waals surface area (Å²) in [4.78, 5) is 29.6. The minimum absolute atomic E-state index is 0.0205. The monoisotopic (exact) mass is 440 g/mol. The third kappa shape index (κ3) is 4.24. The number of halogens is 1. The lowest BCUT2D eigenvalue weighted by Crippen LogP contribution is -2.42. The van der Waals surface area contributed by atoms with Crippen LogP contribution in [0.4, 0.5) is 4.39 Å². The summed E-state index contributed by atoms with van der Waals surface area (Å²) < 4.78 is 24.6. The fraction of sp³-hybridized carbons (Fsp3) is 0.333. The molecule has 1 atom stereocenters. The minimum atomic E-state index is -0.783. The van der Waals surface area contributed by atoms with Crippen molar-refractivity contribution in [2.45, 2.75) is 6.04 Å². The van der Waals surface area contributed by atoms with Gasteiger partial charge in [-0.3, -0.25) is 14.5 Å². The van der Waals surface area contributed by atoms with E-state index in [1.54, 1.807) is 12.1 Å². The van der Waals surface area contributed by atoms with Gasteiger partial charge in [0.1, 0.15) is 5.76 Å². The Hall–Kier alpha value is -3.23. The number of Topliss-reactive ketones (excluding diaryl/α,β-unsaturated/α-hetero) is 1. The normalized spacial score (nSPS) is 21.2. The molecule has 0 aromatic heterocycles. The number of hydrogen-bond acceptors (Lipinski definition) is 6. The SMILES string of the molecule is COc1ccc(/C(O)=C2\C(=O)C(=O)N(CCN3CCOCC3)[C@@H]2c2ccccc2)cc1F. The lowest BCUT2D eigenvalue weighted by Gasteiger charge is -2.31. The number of carbonyl (C=O) groups is 2. The van der Waals surface area contributed by atoms with Crippen LogP contribution in [0.3, 0.4) is 0 Å². The van der Waals surface area contributed by atoms with Crippen LogP contribution in [-0.2, 0) is 14.3 Å². The van der Waals surface area contributed by atoms with Gasteiger partial charge in [0, 0.05) is 31.7 Å². The number of morpholine rings is 1. The van der Waals surface area contributed by atoms with Crippen LogP contribution in [0.2, 0.25) is 0 Å². The van der Waals surface area contributed by atoms with Gasteiger partial charge in [0.15, 0.2) is 11.6 Å². The van der Waals surface area contributed by atoms with Crippen LogP contribution < -0.4 is 4.74 Å². The first-order valence-electron chi connectivity index (χ1n) is 10.5. The first-order chi connectivity index (χ1) is 15.5. The fourth-order valence-electron chi connectivity index (χ4n) is 4.14. The van der Waals surface area contributed by atoms with Gasteiger partial charge < -0.3 is 19.5 Å². The first-order valence-corrected chi connectivity index (χ1v) is 10.5. The van der Waals surface area contributed by atoms with Crippen LogP contribution >= 0.6 is 0 Å². The molecule has 0 bridgehead atoms. The molecule has 0 radical (unpaired) electrons. The summed E-state index contributed by atoms with van der Waals surface area (Å²) in [6.07, 6.45) is 0. The van der Waals surface area contributed by atoms with E-state index in [1.807, 2.05) is 18.2 Å². The number of hydrogen-bond donors (Lipinski definition) is 1. The van der Waals surface area contributed by atoms with Crippen LogP contribution in [0.1, 0.15) is 17.2 Å². The van der Waals surface area contributed by atoms with Gasteiger partial charge in [0.2, 0.25) is 0 Å². The van der Waals surface area contributed by atoms with Crippen LogP contribution in [0, 0.1) is 5.82 Å². The molecule has 32 heavy (non-hydrogen) atoms. The molecule has 2 aliphatic heterocycles. The van der Waals surface area contributed by atoms with Crippen molar-refractivity contribution in [2.24, 2.45) is 0 Å². The zero-order valence-electron chi connectivity index (χ0n) is 17.8. The maximum atomic E-state index is 14.3. The third-order valence-corrected chi connectivity index (χ3v) is 5.84. The Morgan fingerprint density at radius 2 is 1.84 bits per heavy atom. The zero-order valence-corrected chi connectivity index (χ0v) is 17.8. The van der Waals surface area contributed by atoms with E-state index in [0.29, 0.717) is 31.9 Å². The second-order valence-electron chi connectivity index (χ2n) is 7.71. The standard InChI is InChI=1S/C24H25FN2O5/c1-31-19-8-7-17(15-18(19)25)22(28)20-21(16-5-3-2-4-6-16)27(24(30)23(20)29)10-9-26-11-13-32-14-12-26/h2-8,15,21,28H,9-14H2,1H3/b22-20+/t21-/m1/s1. The molecular weight excluding hydrogens is 415 g/mol. The number of aliphatic hydroxyl groups excluding tert-OH is 1.